The standard InChI is InChI=1S/C24H18O2/c1-26-22-16-12-20(13-17-22)11-15-21-9-5-6-10-23(21)24(25)18-14-19-7-3-2-4-8-19/h2-10,12-14,16-18H,1H3/b18-14+. The van der Waals surface area contributed by atoms with Crippen LogP contribution >= 0.6 is 0 Å². The summed E-state index contributed by atoms with van der Waals surface area (Å²) >= 11 is 0. The molecule has 0 saturated heterocycles. The molecule has 0 N–H and O–H groups in total. The maximum Gasteiger partial charge on any atom is 0.187 e. The van der Waals surface area contributed by atoms with E-state index in [1.807, 2.05) is 78.9 Å². The topological polar surface area (TPSA) is 26.3 Å². The largest absolute Gasteiger partial charge is 0.497 e. The second-order valence-electron chi connectivity index (χ2n) is 5.63. The Balaban J connectivity index is 1.83. The zero-order valence-corrected chi connectivity index (χ0v) is 14.5. The maximum atomic E-state index is 12.6. The first-order valence-electron chi connectivity index (χ1n) is 8.29. The van der Waals surface area contributed by atoms with Crippen LogP contribution in [0.4, 0.5) is 0 Å². The number of hydrogen-bond acceptors (Lipinski definition) is 2. The molecule has 0 amide bonds. The van der Waals surface area contributed by atoms with E-state index in [4.69, 9.17) is 4.74 Å². The van der Waals surface area contributed by atoms with Gasteiger partial charge in [0.1, 0.15) is 5.75 Å². The summed E-state index contributed by atoms with van der Waals surface area (Å²) in [6.07, 6.45) is 3.40. The molecule has 26 heavy (non-hydrogen) atoms. The fraction of sp³-hybridized carbons (Fsp3) is 0.0417. The third-order valence-corrected chi connectivity index (χ3v) is 3.85. The molecule has 0 atom stereocenters. The average Bonchev–Trinajstić information content (AvgIpc) is 2.72. The summed E-state index contributed by atoms with van der Waals surface area (Å²) < 4.78 is 5.15. The van der Waals surface area contributed by atoms with E-state index < -0.39 is 0 Å². The fourth-order valence-corrected chi connectivity index (χ4v) is 2.45. The number of methoxy groups -OCH3 is 1. The van der Waals surface area contributed by atoms with Crippen molar-refractivity contribution in [1.29, 1.82) is 0 Å². The second kappa shape index (κ2) is 8.50. The van der Waals surface area contributed by atoms with Gasteiger partial charge in [-0.25, -0.2) is 0 Å². The Bertz CT molecular complexity index is 972. The number of ether oxygens (including phenoxy) is 1. The van der Waals surface area contributed by atoms with Gasteiger partial charge in [0, 0.05) is 16.7 Å². The number of carbonyl (C=O) groups is 1. The molecule has 0 aliphatic heterocycles. The fourth-order valence-electron chi connectivity index (χ4n) is 2.45. The van der Waals surface area contributed by atoms with Gasteiger partial charge in [0.15, 0.2) is 5.78 Å². The van der Waals surface area contributed by atoms with Crippen molar-refractivity contribution in [1.82, 2.24) is 0 Å². The Hall–Kier alpha value is -3.57. The lowest BCUT2D eigenvalue weighted by Gasteiger charge is -2.00. The van der Waals surface area contributed by atoms with Gasteiger partial charge in [-0.3, -0.25) is 4.79 Å². The molecule has 0 aliphatic rings. The van der Waals surface area contributed by atoms with Crippen LogP contribution in [-0.4, -0.2) is 12.9 Å². The van der Waals surface area contributed by atoms with Crippen LogP contribution in [0.2, 0.25) is 0 Å². The van der Waals surface area contributed by atoms with Crippen LogP contribution in [0.5, 0.6) is 5.75 Å². The summed E-state index contributed by atoms with van der Waals surface area (Å²) in [6.45, 7) is 0. The van der Waals surface area contributed by atoms with Gasteiger partial charge in [0.2, 0.25) is 0 Å². The molecule has 3 aromatic rings. The monoisotopic (exact) mass is 338 g/mol. The summed E-state index contributed by atoms with van der Waals surface area (Å²) in [5, 5.41) is 0. The summed E-state index contributed by atoms with van der Waals surface area (Å²) in [7, 11) is 1.63. The van der Waals surface area contributed by atoms with Gasteiger partial charge in [-0.15, -0.1) is 0 Å². The van der Waals surface area contributed by atoms with Crippen molar-refractivity contribution in [2.45, 2.75) is 0 Å². The lowest BCUT2D eigenvalue weighted by Crippen LogP contribution is -1.98. The minimum Gasteiger partial charge on any atom is -0.497 e. The van der Waals surface area contributed by atoms with E-state index >= 15 is 0 Å². The van der Waals surface area contributed by atoms with E-state index in [-0.39, 0.29) is 5.78 Å². The molecule has 0 fully saturated rings. The number of ketones is 1. The van der Waals surface area contributed by atoms with E-state index in [1.165, 1.54) is 0 Å². The molecule has 126 valence electrons. The SMILES string of the molecule is COc1ccc(C#Cc2ccccc2C(=O)/C=C/c2ccccc2)cc1. The molecule has 0 bridgehead atoms. The number of rotatable bonds is 4. The Morgan fingerprint density at radius 1 is 0.846 bits per heavy atom. The smallest absolute Gasteiger partial charge is 0.187 e. The molecule has 2 nitrogen and oxygen atoms in total. The lowest BCUT2D eigenvalue weighted by atomic mass is 10.0. The number of benzene rings is 3. The normalized spacial score (nSPS) is 10.2. The summed E-state index contributed by atoms with van der Waals surface area (Å²) in [4.78, 5) is 12.6. The first-order chi connectivity index (χ1) is 12.8. The first kappa shape index (κ1) is 17.3. The Labute approximate surface area is 153 Å². The minimum absolute atomic E-state index is 0.0616. The van der Waals surface area contributed by atoms with Crippen LogP contribution in [0.3, 0.4) is 0 Å². The van der Waals surface area contributed by atoms with Gasteiger partial charge in [-0.1, -0.05) is 60.4 Å². The zero-order valence-electron chi connectivity index (χ0n) is 14.5. The second-order valence-corrected chi connectivity index (χ2v) is 5.63. The molecule has 0 unspecified atom stereocenters. The predicted molar refractivity (Wildman–Crippen MR) is 105 cm³/mol. The Morgan fingerprint density at radius 2 is 1.54 bits per heavy atom. The van der Waals surface area contributed by atoms with Crippen LogP contribution in [-0.2, 0) is 0 Å². The van der Waals surface area contributed by atoms with Crippen LogP contribution < -0.4 is 4.74 Å². The minimum atomic E-state index is -0.0616. The van der Waals surface area contributed by atoms with E-state index in [0.717, 1.165) is 16.9 Å². The molecule has 2 heteroatoms. The average molecular weight is 338 g/mol. The number of hydrogen-bond donors (Lipinski definition) is 0. The van der Waals surface area contributed by atoms with Gasteiger partial charge < -0.3 is 4.74 Å². The molecule has 0 aliphatic carbocycles. The highest BCUT2D eigenvalue weighted by atomic mass is 16.5. The quantitative estimate of drug-likeness (QED) is 0.380. The van der Waals surface area contributed by atoms with E-state index in [9.17, 15) is 4.79 Å². The highest BCUT2D eigenvalue weighted by Crippen LogP contribution is 2.13. The van der Waals surface area contributed by atoms with Crippen molar-refractivity contribution in [2.24, 2.45) is 0 Å². The summed E-state index contributed by atoms with van der Waals surface area (Å²) in [5.74, 6) is 6.93. The van der Waals surface area contributed by atoms with Gasteiger partial charge in [0.05, 0.1) is 7.11 Å². The van der Waals surface area contributed by atoms with E-state index in [0.29, 0.717) is 11.1 Å². The van der Waals surface area contributed by atoms with Gasteiger partial charge in [0.25, 0.3) is 0 Å². The third-order valence-electron chi connectivity index (χ3n) is 3.85. The first-order valence-corrected chi connectivity index (χ1v) is 8.29. The van der Waals surface area contributed by atoms with Crippen LogP contribution in [0.1, 0.15) is 27.0 Å². The Morgan fingerprint density at radius 3 is 2.27 bits per heavy atom. The highest BCUT2D eigenvalue weighted by molar-refractivity contribution is 6.08. The van der Waals surface area contributed by atoms with Crippen molar-refractivity contribution in [3.8, 4) is 17.6 Å². The van der Waals surface area contributed by atoms with Crippen molar-refractivity contribution >= 4 is 11.9 Å². The molecule has 0 spiro atoms. The predicted octanol–water partition coefficient (Wildman–Crippen LogP) is 4.99. The van der Waals surface area contributed by atoms with Gasteiger partial charge in [-0.05, 0) is 48.0 Å². The maximum absolute atomic E-state index is 12.6. The van der Waals surface area contributed by atoms with Gasteiger partial charge in [-0.2, -0.15) is 0 Å². The molecule has 3 aromatic carbocycles. The molecule has 0 saturated carbocycles. The van der Waals surface area contributed by atoms with E-state index in [2.05, 4.69) is 11.8 Å². The molecular weight excluding hydrogens is 320 g/mol. The zero-order chi connectivity index (χ0) is 18.2. The van der Waals surface area contributed by atoms with Crippen molar-refractivity contribution in [2.75, 3.05) is 7.11 Å². The van der Waals surface area contributed by atoms with Crippen molar-refractivity contribution < 1.29 is 9.53 Å². The number of allylic oxidation sites excluding steroid dienone is 1. The molecule has 3 rings (SSSR count). The van der Waals surface area contributed by atoms with Crippen LogP contribution in [0, 0.1) is 11.8 Å². The lowest BCUT2D eigenvalue weighted by molar-refractivity contribution is 0.104. The molecule has 0 aromatic heterocycles. The van der Waals surface area contributed by atoms with Crippen molar-refractivity contribution in [3.05, 3.63) is 107 Å². The third kappa shape index (κ3) is 4.49. The summed E-state index contributed by atoms with van der Waals surface area (Å²) in [6, 6.07) is 24.7. The van der Waals surface area contributed by atoms with Crippen LogP contribution in [0.25, 0.3) is 6.08 Å². The van der Waals surface area contributed by atoms with Gasteiger partial charge >= 0.3 is 0 Å². The highest BCUT2D eigenvalue weighted by Gasteiger charge is 2.06. The molecule has 0 radical (unpaired) electrons. The summed E-state index contributed by atoms with van der Waals surface area (Å²) in [5.41, 5.74) is 3.17. The number of carbonyl (C=O) groups excluding carboxylic acids is 1. The van der Waals surface area contributed by atoms with E-state index in [1.54, 1.807) is 19.3 Å². The molecular formula is C24H18O2. The van der Waals surface area contributed by atoms with Crippen molar-refractivity contribution in [3.63, 3.8) is 0 Å². The Kier molecular flexibility index (Phi) is 5.65. The molecule has 0 heterocycles. The van der Waals surface area contributed by atoms with Crippen LogP contribution in [0.15, 0.2) is 84.9 Å².